The number of nitrogens with one attached hydrogen (secondary N) is 1. The van der Waals surface area contributed by atoms with Crippen LogP contribution >= 0.6 is 11.3 Å². The summed E-state index contributed by atoms with van der Waals surface area (Å²) >= 11 is 1.42. The predicted octanol–water partition coefficient (Wildman–Crippen LogP) is 4.69. The first-order valence-corrected chi connectivity index (χ1v) is 12.5. The average molecular weight is 472 g/mol. The van der Waals surface area contributed by atoms with Gasteiger partial charge in [0.25, 0.3) is 0 Å². The minimum absolute atomic E-state index is 0.621. The first-order valence-electron chi connectivity index (χ1n) is 11.7. The Morgan fingerprint density at radius 3 is 2.56 bits per heavy atom. The third kappa shape index (κ3) is 3.91. The zero-order valence-electron chi connectivity index (χ0n) is 20.1. The number of rotatable bonds is 5. The Kier molecular flexibility index (Phi) is 5.98. The Morgan fingerprint density at radius 2 is 1.88 bits per heavy atom. The second kappa shape index (κ2) is 9.09. The largest absolute Gasteiger partial charge is 0.368 e. The molecule has 8 heteroatoms. The monoisotopic (exact) mass is 471 g/mol. The molecule has 0 spiro atoms. The van der Waals surface area contributed by atoms with Crippen molar-refractivity contribution in [1.29, 1.82) is 5.26 Å². The molecule has 3 aromatic heterocycles. The molecule has 0 saturated carbocycles. The van der Waals surface area contributed by atoms with Gasteiger partial charge in [0.1, 0.15) is 28.1 Å². The van der Waals surface area contributed by atoms with Crippen molar-refractivity contribution in [2.45, 2.75) is 27.2 Å². The SMILES string of the molecule is CCc1nc2c(C)cc(N3CCNCC3)cn2c1N(C)c1nc(-c2ccc(C)cc2)c(C#N)s1. The van der Waals surface area contributed by atoms with Crippen molar-refractivity contribution in [2.75, 3.05) is 43.0 Å². The van der Waals surface area contributed by atoms with Crippen LogP contribution in [0.15, 0.2) is 36.5 Å². The highest BCUT2D eigenvalue weighted by atomic mass is 32.1. The van der Waals surface area contributed by atoms with Crippen molar-refractivity contribution in [3.05, 3.63) is 58.2 Å². The number of thiazole rings is 1. The molecule has 34 heavy (non-hydrogen) atoms. The lowest BCUT2D eigenvalue weighted by Gasteiger charge is -2.30. The lowest BCUT2D eigenvalue weighted by Crippen LogP contribution is -2.43. The summed E-state index contributed by atoms with van der Waals surface area (Å²) in [6, 6.07) is 12.8. The van der Waals surface area contributed by atoms with Gasteiger partial charge in [0, 0.05) is 45.0 Å². The van der Waals surface area contributed by atoms with E-state index in [1.54, 1.807) is 0 Å². The van der Waals surface area contributed by atoms with Gasteiger partial charge in [-0.1, -0.05) is 48.1 Å². The van der Waals surface area contributed by atoms with Gasteiger partial charge >= 0.3 is 0 Å². The summed E-state index contributed by atoms with van der Waals surface area (Å²) in [5.41, 5.74) is 7.23. The smallest absolute Gasteiger partial charge is 0.192 e. The van der Waals surface area contributed by atoms with Crippen LogP contribution in [0.3, 0.4) is 0 Å². The van der Waals surface area contributed by atoms with E-state index in [9.17, 15) is 5.26 Å². The molecule has 1 aliphatic heterocycles. The summed E-state index contributed by atoms with van der Waals surface area (Å²) in [6.45, 7) is 10.3. The van der Waals surface area contributed by atoms with Crippen LogP contribution in [-0.4, -0.2) is 47.6 Å². The molecule has 0 atom stereocenters. The summed E-state index contributed by atoms with van der Waals surface area (Å²) in [5.74, 6) is 1.01. The number of hydrogen-bond acceptors (Lipinski definition) is 7. The first-order chi connectivity index (χ1) is 16.5. The van der Waals surface area contributed by atoms with Gasteiger partial charge in [-0.05, 0) is 31.9 Å². The van der Waals surface area contributed by atoms with E-state index in [2.05, 4.69) is 70.8 Å². The minimum Gasteiger partial charge on any atom is -0.368 e. The lowest BCUT2D eigenvalue weighted by molar-refractivity contribution is 0.588. The van der Waals surface area contributed by atoms with Crippen LogP contribution < -0.4 is 15.1 Å². The molecule has 0 bridgehead atoms. The predicted molar refractivity (Wildman–Crippen MR) is 139 cm³/mol. The molecule has 1 fully saturated rings. The van der Waals surface area contributed by atoms with Gasteiger partial charge in [-0.15, -0.1) is 0 Å². The van der Waals surface area contributed by atoms with Gasteiger partial charge < -0.3 is 15.1 Å². The molecule has 7 nitrogen and oxygen atoms in total. The Hall–Kier alpha value is -3.41. The molecular weight excluding hydrogens is 442 g/mol. The maximum Gasteiger partial charge on any atom is 0.192 e. The Labute approximate surface area is 204 Å². The number of pyridine rings is 1. The van der Waals surface area contributed by atoms with Gasteiger partial charge in [-0.2, -0.15) is 5.26 Å². The van der Waals surface area contributed by atoms with Crippen molar-refractivity contribution in [3.63, 3.8) is 0 Å². The van der Waals surface area contributed by atoms with Gasteiger partial charge in [0.15, 0.2) is 5.13 Å². The number of piperazine rings is 1. The summed E-state index contributed by atoms with van der Waals surface area (Å²) in [6.07, 6.45) is 3.01. The van der Waals surface area contributed by atoms with E-state index in [0.29, 0.717) is 4.88 Å². The van der Waals surface area contributed by atoms with Gasteiger partial charge in [0.2, 0.25) is 0 Å². The molecule has 0 aliphatic carbocycles. The summed E-state index contributed by atoms with van der Waals surface area (Å²) in [7, 11) is 2.02. The zero-order valence-corrected chi connectivity index (χ0v) is 20.9. The molecule has 5 rings (SSSR count). The second-order valence-corrected chi connectivity index (χ2v) is 9.74. The molecule has 0 amide bonds. The van der Waals surface area contributed by atoms with Crippen LogP contribution in [0.1, 0.15) is 28.6 Å². The number of benzene rings is 1. The molecule has 1 saturated heterocycles. The number of nitrogens with zero attached hydrogens (tertiary/aromatic N) is 6. The first kappa shape index (κ1) is 22.4. The number of fused-ring (bicyclic) bond motifs is 1. The highest BCUT2D eigenvalue weighted by Gasteiger charge is 2.23. The number of anilines is 3. The Bertz CT molecular complexity index is 1370. The fourth-order valence-electron chi connectivity index (χ4n) is 4.54. The van der Waals surface area contributed by atoms with Crippen LogP contribution in [0.5, 0.6) is 0 Å². The number of hydrogen-bond donors (Lipinski definition) is 1. The maximum absolute atomic E-state index is 9.82. The van der Waals surface area contributed by atoms with Gasteiger partial charge in [0.05, 0.1) is 11.4 Å². The molecule has 0 radical (unpaired) electrons. The minimum atomic E-state index is 0.621. The topological polar surface area (TPSA) is 72.5 Å². The Morgan fingerprint density at radius 1 is 1.15 bits per heavy atom. The summed E-state index contributed by atoms with van der Waals surface area (Å²) in [5, 5.41) is 14.0. The van der Waals surface area contributed by atoms with Gasteiger partial charge in [-0.25, -0.2) is 9.97 Å². The molecule has 1 aromatic carbocycles. The van der Waals surface area contributed by atoms with Crippen molar-refractivity contribution in [2.24, 2.45) is 0 Å². The Balaban J connectivity index is 1.61. The molecular formula is C26H29N7S. The van der Waals surface area contributed by atoms with E-state index >= 15 is 0 Å². The van der Waals surface area contributed by atoms with Crippen LogP contribution in [0.4, 0.5) is 16.6 Å². The highest BCUT2D eigenvalue weighted by Crippen LogP contribution is 2.37. The normalized spacial score (nSPS) is 13.9. The van der Waals surface area contributed by atoms with Gasteiger partial charge in [-0.3, -0.25) is 4.40 Å². The van der Waals surface area contributed by atoms with E-state index in [1.165, 1.54) is 22.6 Å². The molecule has 0 unspecified atom stereocenters. The molecule has 4 heterocycles. The van der Waals surface area contributed by atoms with E-state index in [1.807, 2.05) is 19.2 Å². The third-order valence-corrected chi connectivity index (χ3v) is 7.43. The fraction of sp³-hybridized carbons (Fsp3) is 0.346. The van der Waals surface area contributed by atoms with Crippen molar-refractivity contribution in [3.8, 4) is 17.3 Å². The number of aromatic nitrogens is 3. The molecule has 1 aliphatic rings. The summed E-state index contributed by atoms with van der Waals surface area (Å²) < 4.78 is 2.20. The van der Waals surface area contributed by atoms with E-state index in [4.69, 9.17) is 9.97 Å². The average Bonchev–Trinajstić information content (AvgIpc) is 3.46. The maximum atomic E-state index is 9.82. The van der Waals surface area contributed by atoms with Crippen LogP contribution in [0, 0.1) is 25.2 Å². The second-order valence-electron chi connectivity index (χ2n) is 8.76. The molecule has 4 aromatic rings. The van der Waals surface area contributed by atoms with Crippen LogP contribution in [0.2, 0.25) is 0 Å². The standard InChI is InChI=1S/C26H29N7S/c1-5-21-25(33-16-20(14-18(3)24(33)29-21)32-12-10-28-11-13-32)31(4)26-30-23(22(15-27)34-26)19-8-6-17(2)7-9-19/h6-9,14,16,28H,5,10-13H2,1-4H3. The number of imidazole rings is 1. The fourth-order valence-corrected chi connectivity index (χ4v) is 5.39. The molecule has 174 valence electrons. The van der Waals surface area contributed by atoms with Crippen LogP contribution in [0.25, 0.3) is 16.9 Å². The zero-order chi connectivity index (χ0) is 23.8. The summed E-state index contributed by atoms with van der Waals surface area (Å²) in [4.78, 5) is 15.0. The van der Waals surface area contributed by atoms with E-state index in [0.717, 1.165) is 71.7 Å². The molecule has 1 N–H and O–H groups in total. The quantitative estimate of drug-likeness (QED) is 0.455. The van der Waals surface area contributed by atoms with E-state index < -0.39 is 0 Å². The lowest BCUT2D eigenvalue weighted by atomic mass is 10.1. The van der Waals surface area contributed by atoms with Crippen molar-refractivity contribution >= 4 is 33.6 Å². The number of nitriles is 1. The van der Waals surface area contributed by atoms with Crippen molar-refractivity contribution in [1.82, 2.24) is 19.7 Å². The van der Waals surface area contributed by atoms with Crippen molar-refractivity contribution < 1.29 is 0 Å². The van der Waals surface area contributed by atoms with Crippen LogP contribution in [-0.2, 0) is 6.42 Å². The highest BCUT2D eigenvalue weighted by molar-refractivity contribution is 7.16. The number of aryl methyl sites for hydroxylation is 3. The third-order valence-electron chi connectivity index (χ3n) is 6.40. The van der Waals surface area contributed by atoms with E-state index in [-0.39, 0.29) is 0 Å².